The quantitative estimate of drug-likeness (QED) is 0.898. The van der Waals surface area contributed by atoms with Crippen molar-refractivity contribution in [2.45, 2.75) is 25.1 Å². The number of hydrogen-bond donors (Lipinski definition) is 1. The van der Waals surface area contributed by atoms with Gasteiger partial charge in [-0.05, 0) is 25.5 Å². The minimum atomic E-state index is -3.01. The first-order valence-corrected chi connectivity index (χ1v) is 9.42. The van der Waals surface area contributed by atoms with Crippen molar-refractivity contribution in [1.29, 1.82) is 0 Å². The average molecular weight is 331 g/mol. The minimum Gasteiger partial charge on any atom is -0.314 e. The number of nitrogens with one attached hydrogen (secondary N) is 1. The van der Waals surface area contributed by atoms with Crippen molar-refractivity contribution in [2.24, 2.45) is 0 Å². The lowest BCUT2D eigenvalue weighted by Gasteiger charge is -2.37. The number of sulfone groups is 1. The highest BCUT2D eigenvalue weighted by atomic mass is 35.5. The van der Waals surface area contributed by atoms with Gasteiger partial charge in [-0.15, -0.1) is 0 Å². The van der Waals surface area contributed by atoms with Crippen LogP contribution in [0.25, 0.3) is 0 Å². The van der Waals surface area contributed by atoms with Gasteiger partial charge in [-0.3, -0.25) is 4.90 Å². The number of nitrogens with zero attached hydrogens (tertiary/aromatic N) is 1. The third-order valence-electron chi connectivity index (χ3n) is 4.00. The molecule has 0 aliphatic carbocycles. The van der Waals surface area contributed by atoms with E-state index in [1.165, 1.54) is 0 Å². The number of hydrogen-bond acceptors (Lipinski definition) is 4. The molecule has 1 fully saturated rings. The Morgan fingerprint density at radius 2 is 2.10 bits per heavy atom. The van der Waals surface area contributed by atoms with E-state index in [1.54, 1.807) is 13.8 Å². The minimum absolute atomic E-state index is 0.134. The van der Waals surface area contributed by atoms with Crippen molar-refractivity contribution in [1.82, 2.24) is 10.2 Å². The topological polar surface area (TPSA) is 49.4 Å². The Morgan fingerprint density at radius 1 is 1.38 bits per heavy atom. The highest BCUT2D eigenvalue weighted by Crippen LogP contribution is 2.28. The van der Waals surface area contributed by atoms with Crippen LogP contribution in [0, 0.1) is 0 Å². The van der Waals surface area contributed by atoms with E-state index in [0.717, 1.165) is 30.2 Å². The van der Waals surface area contributed by atoms with Crippen molar-refractivity contribution in [2.75, 3.05) is 31.9 Å². The maximum atomic E-state index is 12.0. The normalized spacial score (nSPS) is 20.9. The maximum Gasteiger partial charge on any atom is 0.153 e. The summed E-state index contributed by atoms with van der Waals surface area (Å²) in [5, 5.41) is 3.78. The molecule has 1 heterocycles. The van der Waals surface area contributed by atoms with Crippen LogP contribution < -0.4 is 5.32 Å². The predicted octanol–water partition coefficient (Wildman–Crippen LogP) is 2.11. The van der Waals surface area contributed by atoms with E-state index in [4.69, 9.17) is 11.6 Å². The van der Waals surface area contributed by atoms with E-state index in [-0.39, 0.29) is 17.0 Å². The Labute approximate surface area is 132 Å². The van der Waals surface area contributed by atoms with Gasteiger partial charge in [-0.25, -0.2) is 8.42 Å². The standard InChI is InChI=1S/C15H23ClN2O2S/c1-12(2)21(19,20)10-9-18-8-7-17-11-15(18)13-5-3-4-6-14(13)16/h3-6,12,15,17H,7-11H2,1-2H3. The molecule has 4 nitrogen and oxygen atoms in total. The molecule has 118 valence electrons. The number of halogens is 1. The molecule has 1 aromatic rings. The molecule has 0 aromatic heterocycles. The molecule has 1 unspecified atom stereocenters. The summed E-state index contributed by atoms with van der Waals surface area (Å²) in [5.74, 6) is 0.200. The fraction of sp³-hybridized carbons (Fsp3) is 0.600. The van der Waals surface area contributed by atoms with Crippen LogP contribution in [0.1, 0.15) is 25.5 Å². The maximum absolute atomic E-state index is 12.0. The predicted molar refractivity (Wildman–Crippen MR) is 87.6 cm³/mol. The first-order valence-electron chi connectivity index (χ1n) is 7.32. The Bertz CT molecular complexity index is 575. The molecule has 0 amide bonds. The lowest BCUT2D eigenvalue weighted by atomic mass is 10.0. The summed E-state index contributed by atoms with van der Waals surface area (Å²) in [6.45, 7) is 6.53. The zero-order valence-electron chi connectivity index (χ0n) is 12.5. The van der Waals surface area contributed by atoms with E-state index >= 15 is 0 Å². The molecule has 1 atom stereocenters. The smallest absolute Gasteiger partial charge is 0.153 e. The van der Waals surface area contributed by atoms with Crippen molar-refractivity contribution in [3.05, 3.63) is 34.9 Å². The van der Waals surface area contributed by atoms with Gasteiger partial charge in [0.25, 0.3) is 0 Å². The summed E-state index contributed by atoms with van der Waals surface area (Å²) in [4.78, 5) is 2.22. The van der Waals surface area contributed by atoms with Crippen LogP contribution in [-0.4, -0.2) is 50.5 Å². The monoisotopic (exact) mass is 330 g/mol. The highest BCUT2D eigenvalue weighted by molar-refractivity contribution is 7.92. The summed E-state index contributed by atoms with van der Waals surface area (Å²) < 4.78 is 24.0. The Balaban J connectivity index is 2.12. The lowest BCUT2D eigenvalue weighted by molar-refractivity contribution is 0.172. The van der Waals surface area contributed by atoms with E-state index in [1.807, 2.05) is 24.3 Å². The van der Waals surface area contributed by atoms with Gasteiger partial charge in [0.2, 0.25) is 0 Å². The summed E-state index contributed by atoms with van der Waals surface area (Å²) in [7, 11) is -3.01. The highest BCUT2D eigenvalue weighted by Gasteiger charge is 2.27. The number of piperazine rings is 1. The molecule has 0 spiro atoms. The lowest BCUT2D eigenvalue weighted by Crippen LogP contribution is -2.47. The van der Waals surface area contributed by atoms with Crippen molar-refractivity contribution < 1.29 is 8.42 Å². The fourth-order valence-corrected chi connectivity index (χ4v) is 3.77. The molecule has 1 saturated heterocycles. The largest absolute Gasteiger partial charge is 0.314 e. The summed E-state index contributed by atoms with van der Waals surface area (Å²) in [6.07, 6.45) is 0. The second-order valence-electron chi connectivity index (χ2n) is 5.69. The number of rotatable bonds is 5. The molecule has 1 aromatic carbocycles. The van der Waals surface area contributed by atoms with E-state index in [2.05, 4.69) is 10.2 Å². The van der Waals surface area contributed by atoms with Crippen LogP contribution in [0.15, 0.2) is 24.3 Å². The van der Waals surface area contributed by atoms with Crippen LogP contribution in [0.3, 0.4) is 0 Å². The molecular weight excluding hydrogens is 308 g/mol. The van der Waals surface area contributed by atoms with E-state index < -0.39 is 9.84 Å². The van der Waals surface area contributed by atoms with Gasteiger partial charge in [0.05, 0.1) is 11.0 Å². The zero-order valence-corrected chi connectivity index (χ0v) is 14.1. The Kier molecular flexibility index (Phi) is 5.66. The van der Waals surface area contributed by atoms with Crippen molar-refractivity contribution in [3.63, 3.8) is 0 Å². The third kappa shape index (κ3) is 4.19. The average Bonchev–Trinajstić information content (AvgIpc) is 2.46. The van der Waals surface area contributed by atoms with Crippen molar-refractivity contribution in [3.8, 4) is 0 Å². The van der Waals surface area contributed by atoms with Gasteiger partial charge in [-0.1, -0.05) is 29.8 Å². The first kappa shape index (κ1) is 16.7. The van der Waals surface area contributed by atoms with Gasteiger partial charge in [0.1, 0.15) is 0 Å². The van der Waals surface area contributed by atoms with Gasteiger partial charge >= 0.3 is 0 Å². The van der Waals surface area contributed by atoms with Crippen LogP contribution in [-0.2, 0) is 9.84 Å². The molecule has 0 bridgehead atoms. The van der Waals surface area contributed by atoms with Gasteiger partial charge in [-0.2, -0.15) is 0 Å². The molecule has 1 aliphatic rings. The molecule has 21 heavy (non-hydrogen) atoms. The molecule has 2 rings (SSSR count). The van der Waals surface area contributed by atoms with Crippen LogP contribution in [0.4, 0.5) is 0 Å². The van der Waals surface area contributed by atoms with Crippen LogP contribution in [0.5, 0.6) is 0 Å². The molecule has 0 radical (unpaired) electrons. The molecule has 0 saturated carbocycles. The zero-order chi connectivity index (χ0) is 15.5. The van der Waals surface area contributed by atoms with E-state index in [9.17, 15) is 8.42 Å². The molecular formula is C15H23ClN2O2S. The fourth-order valence-electron chi connectivity index (χ4n) is 2.55. The molecule has 6 heteroatoms. The SMILES string of the molecule is CC(C)S(=O)(=O)CCN1CCNCC1c1ccccc1Cl. The van der Waals surface area contributed by atoms with Crippen LogP contribution in [0.2, 0.25) is 5.02 Å². The Hall–Kier alpha value is -0.620. The summed E-state index contributed by atoms with van der Waals surface area (Å²) >= 11 is 6.29. The summed E-state index contributed by atoms with van der Waals surface area (Å²) in [6, 6.07) is 7.92. The van der Waals surface area contributed by atoms with E-state index in [0.29, 0.717) is 6.54 Å². The molecule has 1 aliphatic heterocycles. The second-order valence-corrected chi connectivity index (χ2v) is 8.78. The van der Waals surface area contributed by atoms with Gasteiger partial charge in [0, 0.05) is 37.2 Å². The van der Waals surface area contributed by atoms with Crippen molar-refractivity contribution >= 4 is 21.4 Å². The molecule has 1 N–H and O–H groups in total. The second kappa shape index (κ2) is 7.09. The first-order chi connectivity index (χ1) is 9.92. The van der Waals surface area contributed by atoms with Gasteiger partial charge < -0.3 is 5.32 Å². The summed E-state index contributed by atoms with van der Waals surface area (Å²) in [5.41, 5.74) is 1.06. The Morgan fingerprint density at radius 3 is 2.76 bits per heavy atom. The third-order valence-corrected chi connectivity index (χ3v) is 6.53. The van der Waals surface area contributed by atoms with Gasteiger partial charge in [0.15, 0.2) is 9.84 Å². The number of benzene rings is 1. The van der Waals surface area contributed by atoms with Crippen LogP contribution >= 0.6 is 11.6 Å².